The van der Waals surface area contributed by atoms with Crippen molar-refractivity contribution < 1.29 is 8.83 Å². The highest BCUT2D eigenvalue weighted by atomic mass is 32.2. The van der Waals surface area contributed by atoms with E-state index in [9.17, 15) is 0 Å². The Morgan fingerprint density at radius 3 is 2.09 bits per heavy atom. The van der Waals surface area contributed by atoms with E-state index < -0.39 is 6.17 Å². The predicted octanol–water partition coefficient (Wildman–Crippen LogP) is 14.5. The molecule has 7 heteroatoms. The van der Waals surface area contributed by atoms with Gasteiger partial charge in [0.1, 0.15) is 34.0 Å². The second-order valence-corrected chi connectivity index (χ2v) is 18.4. The summed E-state index contributed by atoms with van der Waals surface area (Å²) in [7, 11) is 0. The molecule has 1 aliphatic carbocycles. The lowest BCUT2D eigenvalue weighted by Crippen LogP contribution is -2.36. The Kier molecular flexibility index (Phi) is 7.83. The van der Waals surface area contributed by atoms with Crippen LogP contribution in [0.5, 0.6) is 0 Å². The van der Waals surface area contributed by atoms with Gasteiger partial charge in [0.05, 0.1) is 11.0 Å². The molecule has 8 aromatic carbocycles. The molecule has 0 saturated heterocycles. The Hall–Kier alpha value is -7.61. The zero-order chi connectivity index (χ0) is 41.9. The second-order valence-electron chi connectivity index (χ2n) is 17.1. The van der Waals surface area contributed by atoms with Crippen molar-refractivity contribution >= 4 is 94.7 Å². The van der Waals surface area contributed by atoms with Crippen molar-refractivity contribution in [3.8, 4) is 5.69 Å². The zero-order valence-corrected chi connectivity index (χ0v) is 35.3. The summed E-state index contributed by atoms with van der Waals surface area (Å²) in [4.78, 5) is 11.8. The number of hydrogen-bond donors (Lipinski definition) is 1. The van der Waals surface area contributed by atoms with Gasteiger partial charge in [-0.3, -0.25) is 0 Å². The van der Waals surface area contributed by atoms with Gasteiger partial charge < -0.3 is 18.7 Å². The molecule has 14 rings (SSSR count). The minimum Gasteiger partial charge on any atom is -0.456 e. The number of aliphatic imine (C=N–C) groups is 2. The SMILES string of the molecule is C1=C(c2cccc3oc4ccc(-n5c6ccccc6c6ccccc65)cc4c23)CCC2Sc3cc(C4=NC(c5cccc6c5oc5ccccc56)N=C(c5ccccc5)N4)ccc3C12. The summed E-state index contributed by atoms with van der Waals surface area (Å²) in [6.07, 6.45) is 4.17. The number of benzene rings is 8. The summed E-state index contributed by atoms with van der Waals surface area (Å²) in [5, 5.41) is 11.1. The third-order valence-electron chi connectivity index (χ3n) is 13.6. The van der Waals surface area contributed by atoms with Gasteiger partial charge in [-0.15, -0.1) is 11.8 Å². The van der Waals surface area contributed by atoms with Gasteiger partial charge in [-0.05, 0) is 78.1 Å². The van der Waals surface area contributed by atoms with E-state index in [1.807, 2.05) is 30.0 Å². The third-order valence-corrected chi connectivity index (χ3v) is 15.0. The standard InChI is InChI=1S/C57H38N4O2S/c1-2-12-33(13-3-1)55-58-56(60-57(59-55)43-19-10-18-42-40-16-6-9-22-48(40)63-54(42)43)35-24-27-41-44-30-34(25-29-51(44)64-52(41)31-35)37-17-11-23-50-53(37)45-32-36(26-28-49(45)62-50)61-46-20-7-4-14-38(46)39-15-5-8-21-47(39)61/h1-24,26-28,30-32,44,51,57H,25,29H2,(H,58,59,60). The molecule has 0 saturated carbocycles. The van der Waals surface area contributed by atoms with Gasteiger partial charge in [-0.1, -0.05) is 133 Å². The first kappa shape index (κ1) is 35.9. The molecule has 3 atom stereocenters. The van der Waals surface area contributed by atoms with Crippen molar-refractivity contribution in [1.29, 1.82) is 0 Å². The normalized spacial score (nSPS) is 18.4. The summed E-state index contributed by atoms with van der Waals surface area (Å²) >= 11 is 2.01. The average Bonchev–Trinajstić information content (AvgIpc) is 4.12. The monoisotopic (exact) mass is 842 g/mol. The number of nitrogens with zero attached hydrogens (tertiary/aromatic N) is 3. The molecule has 3 aliphatic rings. The van der Waals surface area contributed by atoms with Crippen LogP contribution in [0.1, 0.15) is 52.7 Å². The number of hydrogen-bond acceptors (Lipinski definition) is 6. The summed E-state index contributed by atoms with van der Waals surface area (Å²) < 4.78 is 15.5. The Bertz CT molecular complexity index is 3780. The van der Waals surface area contributed by atoms with Gasteiger partial charge in [-0.2, -0.15) is 0 Å². The molecular weight excluding hydrogens is 805 g/mol. The van der Waals surface area contributed by atoms with Gasteiger partial charge in [0.15, 0.2) is 6.17 Å². The van der Waals surface area contributed by atoms with Gasteiger partial charge in [0, 0.05) is 70.8 Å². The quantitative estimate of drug-likeness (QED) is 0.187. The molecule has 11 aromatic rings. The average molecular weight is 843 g/mol. The van der Waals surface area contributed by atoms with E-state index in [-0.39, 0.29) is 0 Å². The maximum atomic E-state index is 6.58. The van der Waals surface area contributed by atoms with Crippen LogP contribution in [0, 0.1) is 0 Å². The third kappa shape index (κ3) is 5.47. The van der Waals surface area contributed by atoms with E-state index in [0.29, 0.717) is 11.2 Å². The highest BCUT2D eigenvalue weighted by molar-refractivity contribution is 8.00. The van der Waals surface area contributed by atoms with Crippen LogP contribution < -0.4 is 5.32 Å². The van der Waals surface area contributed by atoms with Crippen molar-refractivity contribution in [2.24, 2.45) is 9.98 Å². The zero-order valence-electron chi connectivity index (χ0n) is 34.5. The van der Waals surface area contributed by atoms with E-state index in [1.54, 1.807) is 0 Å². The predicted molar refractivity (Wildman–Crippen MR) is 263 cm³/mol. The first-order chi connectivity index (χ1) is 31.7. The van der Waals surface area contributed by atoms with Crippen LogP contribution in [0.2, 0.25) is 0 Å². The minimum absolute atomic E-state index is 0.306. The van der Waals surface area contributed by atoms with Crippen LogP contribution in [0.15, 0.2) is 206 Å². The summed E-state index contributed by atoms with van der Waals surface area (Å²) in [5.41, 5.74) is 14.1. The minimum atomic E-state index is -0.482. The van der Waals surface area contributed by atoms with Crippen LogP contribution in [0.25, 0.3) is 76.9 Å². The molecule has 0 bridgehead atoms. The maximum absolute atomic E-state index is 6.58. The molecule has 0 amide bonds. The number of furan rings is 2. The van der Waals surface area contributed by atoms with Crippen LogP contribution in [-0.2, 0) is 0 Å². The van der Waals surface area contributed by atoms with E-state index in [4.69, 9.17) is 18.8 Å². The number of rotatable bonds is 5. The smallest absolute Gasteiger partial charge is 0.173 e. The summed E-state index contributed by atoms with van der Waals surface area (Å²) in [5.74, 6) is 1.90. The molecule has 0 radical (unpaired) electrons. The van der Waals surface area contributed by atoms with Crippen molar-refractivity contribution in [1.82, 2.24) is 9.88 Å². The molecule has 3 aromatic heterocycles. The highest BCUT2D eigenvalue weighted by Gasteiger charge is 2.36. The lowest BCUT2D eigenvalue weighted by molar-refractivity contribution is 0.649. The fourth-order valence-corrected chi connectivity index (χ4v) is 12.1. The van der Waals surface area contributed by atoms with E-state index in [0.717, 1.165) is 85.4 Å². The first-order valence-electron chi connectivity index (χ1n) is 22.0. The Labute approximate surface area is 372 Å². The lowest BCUT2D eigenvalue weighted by atomic mass is 9.82. The number of aromatic nitrogens is 1. The molecule has 3 unspecified atom stereocenters. The fraction of sp³-hybridized carbons (Fsp3) is 0.0877. The molecule has 64 heavy (non-hydrogen) atoms. The lowest BCUT2D eigenvalue weighted by Gasteiger charge is -2.25. The summed E-state index contributed by atoms with van der Waals surface area (Å²) in [6.45, 7) is 0. The molecule has 5 heterocycles. The van der Waals surface area contributed by atoms with Crippen molar-refractivity contribution in [3.05, 3.63) is 210 Å². The second kappa shape index (κ2) is 13.9. The van der Waals surface area contributed by atoms with Crippen LogP contribution in [-0.4, -0.2) is 21.5 Å². The molecule has 0 spiro atoms. The van der Waals surface area contributed by atoms with Crippen molar-refractivity contribution in [2.45, 2.75) is 35.1 Å². The van der Waals surface area contributed by atoms with Crippen LogP contribution in [0.3, 0.4) is 0 Å². The number of thioether (sulfide) groups is 1. The Morgan fingerprint density at radius 2 is 1.25 bits per heavy atom. The highest BCUT2D eigenvalue weighted by Crippen LogP contribution is 2.53. The Morgan fingerprint density at radius 1 is 0.547 bits per heavy atom. The fourth-order valence-electron chi connectivity index (χ4n) is 10.6. The summed E-state index contributed by atoms with van der Waals surface area (Å²) in [6, 6.07) is 62.4. The molecule has 2 aliphatic heterocycles. The van der Waals surface area contributed by atoms with E-state index in [2.05, 4.69) is 174 Å². The topological polar surface area (TPSA) is 68.0 Å². The van der Waals surface area contributed by atoms with Crippen molar-refractivity contribution in [3.63, 3.8) is 0 Å². The number of nitrogens with one attached hydrogen (secondary N) is 1. The number of allylic oxidation sites excluding steroid dienone is 2. The van der Waals surface area contributed by atoms with Crippen LogP contribution >= 0.6 is 11.8 Å². The molecule has 0 fully saturated rings. The van der Waals surface area contributed by atoms with Crippen molar-refractivity contribution in [2.75, 3.05) is 0 Å². The largest absolute Gasteiger partial charge is 0.456 e. The molecule has 304 valence electrons. The van der Waals surface area contributed by atoms with E-state index in [1.165, 1.54) is 48.8 Å². The maximum Gasteiger partial charge on any atom is 0.173 e. The first-order valence-corrected chi connectivity index (χ1v) is 22.9. The Balaban J connectivity index is 0.839. The molecule has 1 N–H and O–H groups in total. The van der Waals surface area contributed by atoms with Gasteiger partial charge in [-0.25, -0.2) is 9.98 Å². The number of amidine groups is 2. The van der Waals surface area contributed by atoms with Gasteiger partial charge >= 0.3 is 0 Å². The number of para-hydroxylation sites is 4. The molecular formula is C57H38N4O2S. The number of fused-ring (bicyclic) bond motifs is 12. The molecule has 6 nitrogen and oxygen atoms in total. The van der Waals surface area contributed by atoms with Gasteiger partial charge in [0.25, 0.3) is 0 Å². The van der Waals surface area contributed by atoms with Crippen LogP contribution in [0.4, 0.5) is 0 Å². The van der Waals surface area contributed by atoms with E-state index >= 15 is 0 Å². The van der Waals surface area contributed by atoms with Gasteiger partial charge in [0.2, 0.25) is 0 Å².